The molecule has 106 valence electrons. The molecule has 0 saturated heterocycles. The van der Waals surface area contributed by atoms with Gasteiger partial charge in [-0.3, -0.25) is 4.90 Å². The Morgan fingerprint density at radius 1 is 1.21 bits per heavy atom. The van der Waals surface area contributed by atoms with Crippen molar-refractivity contribution in [1.82, 2.24) is 4.90 Å². The second-order valence-corrected chi connectivity index (χ2v) is 5.78. The number of benzene rings is 1. The Morgan fingerprint density at radius 3 is 2.21 bits per heavy atom. The number of hydrogen-bond acceptors (Lipinski definition) is 2. The van der Waals surface area contributed by atoms with Crippen LogP contribution in [-0.4, -0.2) is 24.0 Å². The SMILES string of the molecule is CC(C)CN(C1CC1)C(CN)c1cc(F)cc(F)c1. The molecule has 0 spiro atoms. The summed E-state index contributed by atoms with van der Waals surface area (Å²) in [5, 5.41) is 0. The molecule has 2 N–H and O–H groups in total. The smallest absolute Gasteiger partial charge is 0.126 e. The molecule has 0 heterocycles. The van der Waals surface area contributed by atoms with Crippen molar-refractivity contribution in [1.29, 1.82) is 0 Å². The average molecular weight is 268 g/mol. The second-order valence-electron chi connectivity index (χ2n) is 5.78. The van der Waals surface area contributed by atoms with Crippen molar-refractivity contribution in [2.45, 2.75) is 38.8 Å². The highest BCUT2D eigenvalue weighted by atomic mass is 19.1. The van der Waals surface area contributed by atoms with E-state index in [1.807, 2.05) is 0 Å². The number of halogens is 2. The Kier molecular flexibility index (Phi) is 4.53. The zero-order valence-corrected chi connectivity index (χ0v) is 11.6. The summed E-state index contributed by atoms with van der Waals surface area (Å²) in [6, 6.07) is 4.12. The normalized spacial score (nSPS) is 17.2. The molecule has 19 heavy (non-hydrogen) atoms. The minimum Gasteiger partial charge on any atom is -0.329 e. The van der Waals surface area contributed by atoms with E-state index in [0.717, 1.165) is 25.5 Å². The Balaban J connectivity index is 2.25. The maximum Gasteiger partial charge on any atom is 0.126 e. The lowest BCUT2D eigenvalue weighted by atomic mass is 10.0. The van der Waals surface area contributed by atoms with E-state index >= 15 is 0 Å². The third-order valence-electron chi connectivity index (χ3n) is 3.49. The molecule has 1 aliphatic rings. The fourth-order valence-corrected chi connectivity index (χ4v) is 2.59. The quantitative estimate of drug-likeness (QED) is 0.859. The van der Waals surface area contributed by atoms with Crippen molar-refractivity contribution in [3.05, 3.63) is 35.4 Å². The molecule has 2 rings (SSSR count). The van der Waals surface area contributed by atoms with Crippen LogP contribution in [0.25, 0.3) is 0 Å². The van der Waals surface area contributed by atoms with Gasteiger partial charge in [0.2, 0.25) is 0 Å². The largest absolute Gasteiger partial charge is 0.329 e. The molecular formula is C15H22F2N2. The first kappa shape index (κ1) is 14.4. The zero-order chi connectivity index (χ0) is 14.0. The van der Waals surface area contributed by atoms with Crippen molar-refractivity contribution >= 4 is 0 Å². The van der Waals surface area contributed by atoms with E-state index in [0.29, 0.717) is 24.1 Å². The molecule has 0 radical (unpaired) electrons. The summed E-state index contributed by atoms with van der Waals surface area (Å²) in [6.07, 6.45) is 2.31. The van der Waals surface area contributed by atoms with E-state index in [4.69, 9.17) is 5.73 Å². The lowest BCUT2D eigenvalue weighted by Crippen LogP contribution is -2.38. The Labute approximate surface area is 113 Å². The van der Waals surface area contributed by atoms with Crippen LogP contribution < -0.4 is 5.73 Å². The van der Waals surface area contributed by atoms with Crippen molar-refractivity contribution < 1.29 is 8.78 Å². The summed E-state index contributed by atoms with van der Waals surface area (Å²) < 4.78 is 26.7. The number of nitrogens with zero attached hydrogens (tertiary/aromatic N) is 1. The lowest BCUT2D eigenvalue weighted by molar-refractivity contribution is 0.169. The first-order valence-electron chi connectivity index (χ1n) is 6.93. The number of nitrogens with two attached hydrogens (primary N) is 1. The topological polar surface area (TPSA) is 29.3 Å². The van der Waals surface area contributed by atoms with Crippen molar-refractivity contribution in [2.24, 2.45) is 11.7 Å². The summed E-state index contributed by atoms with van der Waals surface area (Å²) >= 11 is 0. The van der Waals surface area contributed by atoms with Crippen LogP contribution in [0.5, 0.6) is 0 Å². The van der Waals surface area contributed by atoms with Gasteiger partial charge in [-0.25, -0.2) is 8.78 Å². The van der Waals surface area contributed by atoms with Gasteiger partial charge in [-0.05, 0) is 36.5 Å². The Morgan fingerprint density at radius 2 is 1.79 bits per heavy atom. The highest BCUT2D eigenvalue weighted by Gasteiger charge is 2.34. The van der Waals surface area contributed by atoms with Crippen LogP contribution in [0.2, 0.25) is 0 Å². The van der Waals surface area contributed by atoms with E-state index in [1.165, 1.54) is 12.1 Å². The molecule has 1 unspecified atom stereocenters. The molecular weight excluding hydrogens is 246 g/mol. The molecule has 0 bridgehead atoms. The summed E-state index contributed by atoms with van der Waals surface area (Å²) in [7, 11) is 0. The van der Waals surface area contributed by atoms with Gasteiger partial charge in [-0.15, -0.1) is 0 Å². The fourth-order valence-electron chi connectivity index (χ4n) is 2.59. The van der Waals surface area contributed by atoms with Gasteiger partial charge in [0.05, 0.1) is 0 Å². The zero-order valence-electron chi connectivity index (χ0n) is 11.6. The van der Waals surface area contributed by atoms with E-state index < -0.39 is 11.6 Å². The summed E-state index contributed by atoms with van der Waals surface area (Å²) in [5.74, 6) is -0.560. The van der Waals surface area contributed by atoms with E-state index in [-0.39, 0.29) is 6.04 Å². The number of hydrogen-bond donors (Lipinski definition) is 1. The maximum atomic E-state index is 13.4. The monoisotopic (exact) mass is 268 g/mol. The van der Waals surface area contributed by atoms with E-state index in [1.54, 1.807) is 0 Å². The minimum atomic E-state index is -0.534. The Hall–Kier alpha value is -1.00. The molecule has 0 aromatic heterocycles. The van der Waals surface area contributed by atoms with Crippen molar-refractivity contribution in [2.75, 3.05) is 13.1 Å². The molecule has 1 aromatic carbocycles. The molecule has 1 saturated carbocycles. The van der Waals surface area contributed by atoms with Gasteiger partial charge in [0, 0.05) is 31.2 Å². The van der Waals surface area contributed by atoms with Gasteiger partial charge in [-0.1, -0.05) is 13.8 Å². The van der Waals surface area contributed by atoms with Crippen LogP contribution in [0, 0.1) is 17.6 Å². The third kappa shape index (κ3) is 3.74. The maximum absolute atomic E-state index is 13.4. The summed E-state index contributed by atoms with van der Waals surface area (Å²) in [4.78, 5) is 2.30. The van der Waals surface area contributed by atoms with Crippen LogP contribution in [0.3, 0.4) is 0 Å². The predicted octanol–water partition coefficient (Wildman–Crippen LogP) is 3.09. The van der Waals surface area contributed by atoms with Crippen LogP contribution >= 0.6 is 0 Å². The van der Waals surface area contributed by atoms with Crippen LogP contribution in [0.1, 0.15) is 38.3 Å². The highest BCUT2D eigenvalue weighted by molar-refractivity contribution is 5.22. The fraction of sp³-hybridized carbons (Fsp3) is 0.600. The van der Waals surface area contributed by atoms with Crippen LogP contribution in [-0.2, 0) is 0 Å². The second kappa shape index (κ2) is 5.97. The van der Waals surface area contributed by atoms with Crippen molar-refractivity contribution in [3.8, 4) is 0 Å². The predicted molar refractivity (Wildman–Crippen MR) is 72.7 cm³/mol. The minimum absolute atomic E-state index is 0.0971. The van der Waals surface area contributed by atoms with Gasteiger partial charge in [0.15, 0.2) is 0 Å². The van der Waals surface area contributed by atoms with Gasteiger partial charge in [0.25, 0.3) is 0 Å². The van der Waals surface area contributed by atoms with Crippen LogP contribution in [0.15, 0.2) is 18.2 Å². The average Bonchev–Trinajstić information content (AvgIpc) is 3.10. The molecule has 1 aliphatic carbocycles. The molecule has 1 fully saturated rings. The third-order valence-corrected chi connectivity index (χ3v) is 3.49. The van der Waals surface area contributed by atoms with Gasteiger partial charge in [-0.2, -0.15) is 0 Å². The standard InChI is InChI=1S/C15H22F2N2/c1-10(2)9-19(14-3-4-14)15(8-18)11-5-12(16)7-13(17)6-11/h5-7,10,14-15H,3-4,8-9,18H2,1-2H3. The Bertz CT molecular complexity index is 410. The molecule has 2 nitrogen and oxygen atoms in total. The van der Waals surface area contributed by atoms with E-state index in [2.05, 4.69) is 18.7 Å². The lowest BCUT2D eigenvalue weighted by Gasteiger charge is -2.32. The summed E-state index contributed by atoms with van der Waals surface area (Å²) in [5.41, 5.74) is 6.51. The first-order valence-corrected chi connectivity index (χ1v) is 6.93. The van der Waals surface area contributed by atoms with Crippen molar-refractivity contribution in [3.63, 3.8) is 0 Å². The molecule has 1 atom stereocenters. The highest BCUT2D eigenvalue weighted by Crippen LogP contribution is 2.35. The first-order chi connectivity index (χ1) is 9.01. The van der Waals surface area contributed by atoms with Gasteiger partial charge < -0.3 is 5.73 Å². The van der Waals surface area contributed by atoms with Crippen LogP contribution in [0.4, 0.5) is 8.78 Å². The summed E-state index contributed by atoms with van der Waals surface area (Å²) in [6.45, 7) is 5.58. The molecule has 0 amide bonds. The molecule has 1 aromatic rings. The number of rotatable bonds is 6. The van der Waals surface area contributed by atoms with Gasteiger partial charge in [0.1, 0.15) is 11.6 Å². The van der Waals surface area contributed by atoms with Gasteiger partial charge >= 0.3 is 0 Å². The molecule has 4 heteroatoms. The molecule has 0 aliphatic heterocycles. The van der Waals surface area contributed by atoms with E-state index in [9.17, 15) is 8.78 Å².